The van der Waals surface area contributed by atoms with E-state index in [1.807, 2.05) is 19.2 Å². The van der Waals surface area contributed by atoms with Gasteiger partial charge in [0.1, 0.15) is 0 Å². The number of aromatic nitrogens is 2. The smallest absolute Gasteiger partial charge is 0.240 e. The number of rotatable bonds is 7. The van der Waals surface area contributed by atoms with Crippen LogP contribution in [0.4, 0.5) is 0 Å². The van der Waals surface area contributed by atoms with Gasteiger partial charge in [0.05, 0.1) is 6.54 Å². The number of hydrogen-bond donors (Lipinski definition) is 1. The fourth-order valence-electron chi connectivity index (χ4n) is 3.23. The molecule has 0 spiro atoms. The molecule has 25 heavy (non-hydrogen) atoms. The minimum absolute atomic E-state index is 0. The highest BCUT2D eigenvalue weighted by Crippen LogP contribution is 2.21. The maximum Gasteiger partial charge on any atom is 0.240 e. The minimum atomic E-state index is 0. The van der Waals surface area contributed by atoms with Crippen LogP contribution in [-0.4, -0.2) is 41.7 Å². The average molecular weight is 430 g/mol. The number of hydrogen-bond acceptors (Lipinski definition) is 5. The van der Waals surface area contributed by atoms with Crippen LogP contribution in [0.5, 0.6) is 0 Å². The Hall–Kier alpha value is -0.950. The largest absolute Gasteiger partial charge is 0.338 e. The van der Waals surface area contributed by atoms with E-state index in [1.54, 1.807) is 0 Å². The lowest BCUT2D eigenvalue weighted by Gasteiger charge is -2.30. The summed E-state index contributed by atoms with van der Waals surface area (Å²) in [6, 6.07) is 8.21. The molecule has 138 valence electrons. The number of nitrogens with zero attached hydrogens (tertiary/aromatic N) is 3. The van der Waals surface area contributed by atoms with Gasteiger partial charge in [-0.15, -0.1) is 12.4 Å². The summed E-state index contributed by atoms with van der Waals surface area (Å²) in [5.41, 5.74) is 1.18. The molecule has 0 bridgehead atoms. The first-order valence-corrected chi connectivity index (χ1v) is 9.45. The van der Waals surface area contributed by atoms with E-state index in [9.17, 15) is 0 Å². The fraction of sp³-hybridized carbons (Fsp3) is 0.556. The van der Waals surface area contributed by atoms with Crippen molar-refractivity contribution < 1.29 is 4.52 Å². The molecule has 1 fully saturated rings. The standard InChI is InChI=1S/C18H25BrN4O.ClH/c1-20-8-5-14-6-9-23(10-7-14)13-18-21-17(22-24-18)12-15-3-2-4-16(19)11-15;/h2-4,11,14,20H,5-10,12-13H2,1H3;1H. The van der Waals surface area contributed by atoms with Crippen molar-refractivity contribution in [1.82, 2.24) is 20.4 Å². The summed E-state index contributed by atoms with van der Waals surface area (Å²) in [6.45, 7) is 4.13. The van der Waals surface area contributed by atoms with Crippen molar-refractivity contribution in [2.45, 2.75) is 32.2 Å². The highest BCUT2D eigenvalue weighted by molar-refractivity contribution is 9.10. The van der Waals surface area contributed by atoms with Crippen molar-refractivity contribution in [3.8, 4) is 0 Å². The van der Waals surface area contributed by atoms with E-state index in [4.69, 9.17) is 4.52 Å². The van der Waals surface area contributed by atoms with E-state index in [0.717, 1.165) is 48.3 Å². The molecule has 0 aliphatic carbocycles. The Labute approximate surface area is 164 Å². The number of halogens is 2. The van der Waals surface area contributed by atoms with E-state index in [2.05, 4.69) is 48.4 Å². The van der Waals surface area contributed by atoms with Gasteiger partial charge in [-0.2, -0.15) is 4.98 Å². The summed E-state index contributed by atoms with van der Waals surface area (Å²) >= 11 is 3.49. The topological polar surface area (TPSA) is 54.2 Å². The Morgan fingerprint density at radius 3 is 2.84 bits per heavy atom. The molecule has 0 radical (unpaired) electrons. The molecule has 2 aromatic rings. The first kappa shape index (κ1) is 20.4. The predicted molar refractivity (Wildman–Crippen MR) is 105 cm³/mol. The molecule has 3 rings (SSSR count). The van der Waals surface area contributed by atoms with Gasteiger partial charge in [-0.05, 0) is 69.6 Å². The Morgan fingerprint density at radius 2 is 2.12 bits per heavy atom. The van der Waals surface area contributed by atoms with Gasteiger partial charge in [-0.3, -0.25) is 4.90 Å². The number of benzene rings is 1. The van der Waals surface area contributed by atoms with E-state index in [1.165, 1.54) is 24.8 Å². The van der Waals surface area contributed by atoms with E-state index in [-0.39, 0.29) is 12.4 Å². The van der Waals surface area contributed by atoms with Gasteiger partial charge in [0.25, 0.3) is 0 Å². The zero-order chi connectivity index (χ0) is 16.8. The molecular formula is C18H26BrClN4O. The van der Waals surface area contributed by atoms with Crippen LogP contribution in [0.3, 0.4) is 0 Å². The molecule has 1 aromatic carbocycles. The molecule has 1 saturated heterocycles. The van der Waals surface area contributed by atoms with Gasteiger partial charge in [0.15, 0.2) is 5.82 Å². The van der Waals surface area contributed by atoms with Crippen molar-refractivity contribution in [2.24, 2.45) is 5.92 Å². The molecule has 0 saturated carbocycles. The molecule has 0 atom stereocenters. The van der Waals surface area contributed by atoms with Crippen LogP contribution < -0.4 is 5.32 Å². The third kappa shape index (κ3) is 6.37. The molecule has 1 aliphatic heterocycles. The van der Waals surface area contributed by atoms with Crippen LogP contribution in [-0.2, 0) is 13.0 Å². The quantitative estimate of drug-likeness (QED) is 0.728. The SMILES string of the molecule is CNCCC1CCN(Cc2nc(Cc3cccc(Br)c3)no2)CC1.Cl. The van der Waals surface area contributed by atoms with Gasteiger partial charge in [0, 0.05) is 10.9 Å². The van der Waals surface area contributed by atoms with Crippen molar-refractivity contribution in [3.05, 3.63) is 46.0 Å². The van der Waals surface area contributed by atoms with Crippen LogP contribution >= 0.6 is 28.3 Å². The molecule has 1 aromatic heterocycles. The second-order valence-corrected chi connectivity index (χ2v) is 7.44. The van der Waals surface area contributed by atoms with Crippen molar-refractivity contribution >= 4 is 28.3 Å². The first-order chi connectivity index (χ1) is 11.7. The van der Waals surface area contributed by atoms with Crippen molar-refractivity contribution in [2.75, 3.05) is 26.7 Å². The Morgan fingerprint density at radius 1 is 1.32 bits per heavy atom. The van der Waals surface area contributed by atoms with Crippen LogP contribution in [0.25, 0.3) is 0 Å². The number of likely N-dealkylation sites (tertiary alicyclic amines) is 1. The average Bonchev–Trinajstić information content (AvgIpc) is 3.01. The Bertz CT molecular complexity index is 644. The summed E-state index contributed by atoms with van der Waals surface area (Å²) in [4.78, 5) is 6.98. The molecular weight excluding hydrogens is 404 g/mol. The van der Waals surface area contributed by atoms with Gasteiger partial charge >= 0.3 is 0 Å². The molecule has 0 unspecified atom stereocenters. The lowest BCUT2D eigenvalue weighted by atomic mass is 9.93. The summed E-state index contributed by atoms with van der Waals surface area (Å²) < 4.78 is 6.51. The van der Waals surface area contributed by atoms with Crippen LogP contribution in [0.15, 0.2) is 33.3 Å². The lowest BCUT2D eigenvalue weighted by Crippen LogP contribution is -2.34. The van der Waals surface area contributed by atoms with E-state index < -0.39 is 0 Å². The molecule has 0 amide bonds. The minimum Gasteiger partial charge on any atom is -0.338 e. The van der Waals surface area contributed by atoms with Crippen LogP contribution in [0.1, 0.15) is 36.5 Å². The maximum absolute atomic E-state index is 5.44. The predicted octanol–water partition coefficient (Wildman–Crippen LogP) is 3.67. The summed E-state index contributed by atoms with van der Waals surface area (Å²) in [5, 5.41) is 7.37. The number of nitrogens with one attached hydrogen (secondary N) is 1. The summed E-state index contributed by atoms with van der Waals surface area (Å²) in [6.07, 6.45) is 4.51. The van der Waals surface area contributed by atoms with Gasteiger partial charge in [-0.25, -0.2) is 0 Å². The summed E-state index contributed by atoms with van der Waals surface area (Å²) in [7, 11) is 2.02. The van der Waals surface area contributed by atoms with Crippen molar-refractivity contribution in [1.29, 1.82) is 0 Å². The zero-order valence-electron chi connectivity index (χ0n) is 14.6. The third-order valence-corrected chi connectivity index (χ3v) is 5.12. The Kier molecular flexibility index (Phi) is 8.36. The van der Waals surface area contributed by atoms with Gasteiger partial charge < -0.3 is 9.84 Å². The fourth-order valence-corrected chi connectivity index (χ4v) is 3.68. The molecule has 1 aliphatic rings. The number of piperidine rings is 1. The van der Waals surface area contributed by atoms with Crippen LogP contribution in [0.2, 0.25) is 0 Å². The molecule has 5 nitrogen and oxygen atoms in total. The first-order valence-electron chi connectivity index (χ1n) is 8.66. The molecule has 1 N–H and O–H groups in total. The molecule has 7 heteroatoms. The van der Waals surface area contributed by atoms with E-state index in [0.29, 0.717) is 6.42 Å². The monoisotopic (exact) mass is 428 g/mol. The second-order valence-electron chi connectivity index (χ2n) is 6.52. The maximum atomic E-state index is 5.44. The van der Waals surface area contributed by atoms with Crippen LogP contribution in [0, 0.1) is 5.92 Å². The third-order valence-electron chi connectivity index (χ3n) is 4.63. The summed E-state index contributed by atoms with van der Waals surface area (Å²) in [5.74, 6) is 2.34. The van der Waals surface area contributed by atoms with E-state index >= 15 is 0 Å². The zero-order valence-corrected chi connectivity index (χ0v) is 17.0. The Balaban J connectivity index is 0.00000225. The lowest BCUT2D eigenvalue weighted by molar-refractivity contribution is 0.155. The molecule has 2 heterocycles. The second kappa shape index (κ2) is 10.3. The van der Waals surface area contributed by atoms with Gasteiger partial charge in [0.2, 0.25) is 5.89 Å². The highest BCUT2D eigenvalue weighted by Gasteiger charge is 2.20. The highest BCUT2D eigenvalue weighted by atomic mass is 79.9. The van der Waals surface area contributed by atoms with Crippen molar-refractivity contribution in [3.63, 3.8) is 0 Å². The normalized spacial score (nSPS) is 15.9. The van der Waals surface area contributed by atoms with Gasteiger partial charge in [-0.1, -0.05) is 33.2 Å².